The minimum atomic E-state index is 0.537. The topological polar surface area (TPSA) is 13.1 Å². The number of benzene rings is 9. The zero-order valence-electron chi connectivity index (χ0n) is 27.7. The van der Waals surface area contributed by atoms with Crippen molar-refractivity contribution in [3.8, 4) is 44.5 Å². The molecule has 1 heterocycles. The SMILES string of the molecule is [2H]c1ccc2cc(-c3ccc(-c4c5ccccc5c(-c5ccc(-c6ccc7oc8ccccc8c7c6)cc5)c5ccccc45)cc3)ccc2c1. The standard InChI is InChI=1S/C48H30O/c1-2-10-36-29-37(26-21-31(36)9-1)32-17-22-34(23-18-32)47-40-12-3-5-14-42(40)48(43-15-6-4-13-41(43)47)35-24-19-33(20-25-35)38-27-28-46-44(30-38)39-11-7-8-16-45(39)49-46/h1-30H/i1D. The number of furan rings is 1. The van der Waals surface area contributed by atoms with E-state index < -0.39 is 0 Å². The van der Waals surface area contributed by atoms with E-state index >= 15 is 0 Å². The molecule has 0 aliphatic rings. The van der Waals surface area contributed by atoms with Gasteiger partial charge in [0.15, 0.2) is 0 Å². The summed E-state index contributed by atoms with van der Waals surface area (Å²) in [4.78, 5) is 0. The second-order valence-corrected chi connectivity index (χ2v) is 12.8. The second-order valence-electron chi connectivity index (χ2n) is 12.8. The largest absolute Gasteiger partial charge is 0.456 e. The molecule has 0 saturated heterocycles. The zero-order valence-corrected chi connectivity index (χ0v) is 26.7. The molecule has 1 aromatic heterocycles. The van der Waals surface area contributed by atoms with Crippen LogP contribution in [0, 0.1) is 0 Å². The summed E-state index contributed by atoms with van der Waals surface area (Å²) in [6.07, 6.45) is 0. The molecule has 0 aliphatic heterocycles. The van der Waals surface area contributed by atoms with E-state index in [2.05, 4.69) is 146 Å². The maximum absolute atomic E-state index is 7.95. The lowest BCUT2D eigenvalue weighted by Crippen LogP contribution is -1.91. The zero-order chi connectivity index (χ0) is 33.2. The number of rotatable bonds is 4. The molecule has 0 bridgehead atoms. The van der Waals surface area contributed by atoms with Crippen molar-refractivity contribution in [3.63, 3.8) is 0 Å². The first-order valence-corrected chi connectivity index (χ1v) is 16.7. The normalized spacial score (nSPS) is 12.0. The minimum Gasteiger partial charge on any atom is -0.456 e. The molecule has 0 N–H and O–H groups in total. The van der Waals surface area contributed by atoms with Crippen LogP contribution < -0.4 is 0 Å². The monoisotopic (exact) mass is 623 g/mol. The predicted molar refractivity (Wildman–Crippen MR) is 208 cm³/mol. The Morgan fingerprint density at radius 2 is 0.776 bits per heavy atom. The van der Waals surface area contributed by atoms with Crippen LogP contribution in [0.4, 0.5) is 0 Å². The molecular weight excluding hydrogens is 593 g/mol. The van der Waals surface area contributed by atoms with Crippen molar-refractivity contribution >= 4 is 54.3 Å². The van der Waals surface area contributed by atoms with Gasteiger partial charge in [-0.3, -0.25) is 0 Å². The van der Waals surface area contributed by atoms with Gasteiger partial charge < -0.3 is 4.42 Å². The molecule has 0 aliphatic carbocycles. The summed E-state index contributed by atoms with van der Waals surface area (Å²) in [5.74, 6) is 0. The maximum Gasteiger partial charge on any atom is 0.135 e. The van der Waals surface area contributed by atoms with Gasteiger partial charge in [0, 0.05) is 10.8 Å². The summed E-state index contributed by atoms with van der Waals surface area (Å²) >= 11 is 0. The molecule has 0 spiro atoms. The Kier molecular flexibility index (Phi) is 6.02. The highest BCUT2D eigenvalue weighted by Crippen LogP contribution is 2.44. The highest BCUT2D eigenvalue weighted by atomic mass is 16.3. The van der Waals surface area contributed by atoms with Crippen LogP contribution in [0.1, 0.15) is 1.37 Å². The number of hydrogen-bond donors (Lipinski definition) is 0. The van der Waals surface area contributed by atoms with Crippen molar-refractivity contribution in [1.82, 2.24) is 0 Å². The molecule has 0 radical (unpaired) electrons. The van der Waals surface area contributed by atoms with Crippen LogP contribution >= 0.6 is 0 Å². The Hall–Kier alpha value is -6.44. The molecule has 1 heteroatoms. The quantitative estimate of drug-likeness (QED) is 0.178. The lowest BCUT2D eigenvalue weighted by molar-refractivity contribution is 0.669. The fraction of sp³-hybridized carbons (Fsp3) is 0. The van der Waals surface area contributed by atoms with Crippen LogP contribution in [0.25, 0.3) is 98.8 Å². The number of fused-ring (bicyclic) bond motifs is 6. The average molecular weight is 624 g/mol. The first-order valence-electron chi connectivity index (χ1n) is 17.2. The molecular formula is C48H30O. The van der Waals surface area contributed by atoms with Crippen LogP contribution in [0.5, 0.6) is 0 Å². The maximum atomic E-state index is 7.95. The van der Waals surface area contributed by atoms with E-state index in [0.717, 1.165) is 32.7 Å². The molecule has 10 rings (SSSR count). The van der Waals surface area contributed by atoms with Crippen LogP contribution in [0.15, 0.2) is 186 Å². The highest BCUT2D eigenvalue weighted by Gasteiger charge is 2.17. The minimum absolute atomic E-state index is 0.537. The lowest BCUT2D eigenvalue weighted by atomic mass is 9.85. The highest BCUT2D eigenvalue weighted by molar-refractivity contribution is 6.21. The Balaban J connectivity index is 1.07. The third-order valence-electron chi connectivity index (χ3n) is 10.0. The molecule has 0 atom stereocenters. The Morgan fingerprint density at radius 3 is 1.39 bits per heavy atom. The van der Waals surface area contributed by atoms with Gasteiger partial charge in [-0.25, -0.2) is 0 Å². The van der Waals surface area contributed by atoms with Gasteiger partial charge in [0.25, 0.3) is 0 Å². The summed E-state index contributed by atoms with van der Waals surface area (Å²) < 4.78 is 14.0. The van der Waals surface area contributed by atoms with Crippen molar-refractivity contribution < 1.29 is 5.79 Å². The van der Waals surface area contributed by atoms with Gasteiger partial charge in [-0.05, 0) is 101 Å². The number of hydrogen-bond acceptors (Lipinski definition) is 1. The van der Waals surface area contributed by atoms with E-state index in [4.69, 9.17) is 5.79 Å². The van der Waals surface area contributed by atoms with E-state index in [9.17, 15) is 0 Å². The molecule has 1 nitrogen and oxygen atoms in total. The van der Waals surface area contributed by atoms with Gasteiger partial charge in [-0.2, -0.15) is 0 Å². The van der Waals surface area contributed by atoms with Gasteiger partial charge in [0.1, 0.15) is 11.2 Å². The van der Waals surface area contributed by atoms with E-state index in [1.807, 2.05) is 30.3 Å². The molecule has 10 aromatic rings. The first kappa shape index (κ1) is 26.6. The van der Waals surface area contributed by atoms with Crippen molar-refractivity contribution in [1.29, 1.82) is 0 Å². The van der Waals surface area contributed by atoms with Gasteiger partial charge in [-0.15, -0.1) is 0 Å². The van der Waals surface area contributed by atoms with Crippen molar-refractivity contribution in [2.24, 2.45) is 0 Å². The van der Waals surface area contributed by atoms with Crippen molar-refractivity contribution in [3.05, 3.63) is 182 Å². The van der Waals surface area contributed by atoms with Gasteiger partial charge >= 0.3 is 0 Å². The third-order valence-corrected chi connectivity index (χ3v) is 10.0. The Labute approximate surface area is 285 Å². The fourth-order valence-electron chi connectivity index (χ4n) is 7.62. The molecule has 0 unspecified atom stereocenters. The second kappa shape index (κ2) is 11.1. The fourth-order valence-corrected chi connectivity index (χ4v) is 7.62. The van der Waals surface area contributed by atoms with Crippen LogP contribution in [-0.4, -0.2) is 0 Å². The van der Waals surface area contributed by atoms with E-state index in [1.54, 1.807) is 0 Å². The average Bonchev–Trinajstić information content (AvgIpc) is 3.55. The first-order chi connectivity index (χ1) is 24.7. The Morgan fingerprint density at radius 1 is 0.306 bits per heavy atom. The van der Waals surface area contributed by atoms with Crippen LogP contribution in [-0.2, 0) is 0 Å². The molecule has 0 saturated carbocycles. The summed E-state index contributed by atoms with van der Waals surface area (Å²) in [6, 6.07) is 63.2. The summed E-state index contributed by atoms with van der Waals surface area (Å²) in [5, 5.41) is 9.50. The van der Waals surface area contributed by atoms with Crippen molar-refractivity contribution in [2.75, 3.05) is 0 Å². The smallest absolute Gasteiger partial charge is 0.135 e. The summed E-state index contributed by atoms with van der Waals surface area (Å²) in [6.45, 7) is 0. The molecule has 0 fully saturated rings. The third kappa shape index (κ3) is 4.55. The van der Waals surface area contributed by atoms with Gasteiger partial charge in [-0.1, -0.05) is 158 Å². The molecule has 0 amide bonds. The Bertz CT molecular complexity index is 2860. The molecule has 49 heavy (non-hydrogen) atoms. The van der Waals surface area contributed by atoms with Crippen LogP contribution in [0.2, 0.25) is 0 Å². The molecule has 9 aromatic carbocycles. The lowest BCUT2D eigenvalue weighted by Gasteiger charge is -2.18. The molecule has 228 valence electrons. The van der Waals surface area contributed by atoms with E-state index in [0.29, 0.717) is 6.04 Å². The number of para-hydroxylation sites is 1. The summed E-state index contributed by atoms with van der Waals surface area (Å²) in [5.41, 5.74) is 11.4. The predicted octanol–water partition coefficient (Wildman–Crippen LogP) is 13.7. The van der Waals surface area contributed by atoms with Gasteiger partial charge in [0.2, 0.25) is 0 Å². The van der Waals surface area contributed by atoms with E-state index in [1.165, 1.54) is 66.1 Å². The van der Waals surface area contributed by atoms with Crippen LogP contribution in [0.3, 0.4) is 0 Å². The summed E-state index contributed by atoms with van der Waals surface area (Å²) in [7, 11) is 0. The van der Waals surface area contributed by atoms with E-state index in [-0.39, 0.29) is 0 Å². The van der Waals surface area contributed by atoms with Gasteiger partial charge in [0.05, 0.1) is 1.37 Å². The van der Waals surface area contributed by atoms with Crippen molar-refractivity contribution in [2.45, 2.75) is 0 Å².